The van der Waals surface area contributed by atoms with E-state index >= 15 is 0 Å². The van der Waals surface area contributed by atoms with Gasteiger partial charge in [0.2, 0.25) is 5.82 Å². The molecule has 3 aromatic rings. The third kappa shape index (κ3) is 6.97. The number of ether oxygens (including phenoxy) is 3. The highest BCUT2D eigenvalue weighted by Gasteiger charge is 2.44. The van der Waals surface area contributed by atoms with Crippen LogP contribution >= 0.6 is 0 Å². The first-order chi connectivity index (χ1) is 21.9. The van der Waals surface area contributed by atoms with Crippen LogP contribution in [0.25, 0.3) is 0 Å². The Hall–Kier alpha value is -4.02. The molecule has 2 N–H and O–H groups in total. The van der Waals surface area contributed by atoms with Crippen LogP contribution < -0.4 is 24.8 Å². The second kappa shape index (κ2) is 13.5. The van der Waals surface area contributed by atoms with Crippen molar-refractivity contribution in [3.63, 3.8) is 0 Å². The quantitative estimate of drug-likeness (QED) is 0.200. The highest BCUT2D eigenvalue weighted by molar-refractivity contribution is 5.95. The topological polar surface area (TPSA) is 72.1 Å². The molecule has 3 aliphatic rings. The van der Waals surface area contributed by atoms with E-state index in [4.69, 9.17) is 14.2 Å². The van der Waals surface area contributed by atoms with Crippen LogP contribution in [0.5, 0.6) is 17.2 Å². The summed E-state index contributed by atoms with van der Waals surface area (Å²) in [5, 5.41) is 7.32. The minimum Gasteiger partial charge on any atom is -0.497 e. The van der Waals surface area contributed by atoms with E-state index in [9.17, 15) is 18.0 Å². The molecule has 2 heterocycles. The van der Waals surface area contributed by atoms with Crippen LogP contribution in [0.2, 0.25) is 0 Å². The summed E-state index contributed by atoms with van der Waals surface area (Å²) in [6, 6.07) is 17.4. The standard InChI is InChI=1S/C35H38F3N3O4/c1-43-26-10-12-27(13-11-26)44-20-18-41(25-8-9-25)34(42)28-16-17-35(22-39-21-31(28)40-35)24-6-4-23(5-7-24)3-2-19-45-33-30(37)15-14-29(36)32(33)38/h4-7,10-16,25,31,39-40H,2-3,8-9,17-22H2,1H3. The molecule has 2 aliphatic heterocycles. The Labute approximate surface area is 261 Å². The number of carbonyl (C=O) groups excluding carboxylic acids is 1. The lowest BCUT2D eigenvalue weighted by atomic mass is 9.78. The van der Waals surface area contributed by atoms with E-state index in [1.54, 1.807) is 7.11 Å². The Morgan fingerprint density at radius 1 is 0.933 bits per heavy atom. The average Bonchev–Trinajstić information content (AvgIpc) is 3.90. The summed E-state index contributed by atoms with van der Waals surface area (Å²) >= 11 is 0. The number of benzene rings is 3. The largest absolute Gasteiger partial charge is 0.497 e. The van der Waals surface area contributed by atoms with Gasteiger partial charge in [0.1, 0.15) is 18.1 Å². The number of carbonyl (C=O) groups is 1. The monoisotopic (exact) mass is 621 g/mol. The normalized spacial score (nSPS) is 20.7. The lowest BCUT2D eigenvalue weighted by molar-refractivity contribution is -0.128. The van der Waals surface area contributed by atoms with Crippen molar-refractivity contribution in [2.45, 2.75) is 49.7 Å². The molecule has 10 heteroatoms. The fourth-order valence-corrected chi connectivity index (χ4v) is 6.17. The van der Waals surface area contributed by atoms with Crippen LogP contribution in [0, 0.1) is 17.5 Å². The van der Waals surface area contributed by atoms with Crippen molar-refractivity contribution in [1.82, 2.24) is 15.5 Å². The van der Waals surface area contributed by atoms with Gasteiger partial charge in [-0.3, -0.25) is 10.1 Å². The summed E-state index contributed by atoms with van der Waals surface area (Å²) in [7, 11) is 1.63. The highest BCUT2D eigenvalue weighted by Crippen LogP contribution is 2.36. The summed E-state index contributed by atoms with van der Waals surface area (Å²) in [5.74, 6) is -2.47. The van der Waals surface area contributed by atoms with Crippen LogP contribution in [0.1, 0.15) is 36.8 Å². The minimum absolute atomic E-state index is 0.0588. The summed E-state index contributed by atoms with van der Waals surface area (Å²) in [4.78, 5) is 15.8. The lowest BCUT2D eigenvalue weighted by Gasteiger charge is -2.47. The van der Waals surface area contributed by atoms with Crippen LogP contribution in [-0.4, -0.2) is 62.8 Å². The van der Waals surface area contributed by atoms with E-state index in [2.05, 4.69) is 28.8 Å². The van der Waals surface area contributed by atoms with Gasteiger partial charge >= 0.3 is 0 Å². The molecule has 0 aromatic heterocycles. The van der Waals surface area contributed by atoms with Gasteiger partial charge < -0.3 is 24.4 Å². The molecule has 6 rings (SSSR count). The number of halogens is 3. The first-order valence-electron chi connectivity index (χ1n) is 15.5. The van der Waals surface area contributed by atoms with Crippen molar-refractivity contribution in [2.75, 3.05) is 40.0 Å². The van der Waals surface area contributed by atoms with Gasteiger partial charge in [0.15, 0.2) is 17.4 Å². The second-order valence-corrected chi connectivity index (χ2v) is 11.8. The fourth-order valence-electron chi connectivity index (χ4n) is 6.17. The molecule has 1 saturated carbocycles. The van der Waals surface area contributed by atoms with Crippen LogP contribution in [0.3, 0.4) is 0 Å². The molecule has 238 valence electrons. The molecule has 3 aromatic carbocycles. The summed E-state index contributed by atoms with van der Waals surface area (Å²) in [6.45, 7) is 2.41. The molecule has 1 aliphatic carbocycles. The van der Waals surface area contributed by atoms with Crippen LogP contribution in [0.4, 0.5) is 13.2 Å². The van der Waals surface area contributed by atoms with E-state index in [0.717, 1.165) is 59.7 Å². The Kier molecular flexibility index (Phi) is 9.32. The lowest BCUT2D eigenvalue weighted by Crippen LogP contribution is -2.65. The Morgan fingerprint density at radius 3 is 2.40 bits per heavy atom. The summed E-state index contributed by atoms with van der Waals surface area (Å²) in [6.07, 6.45) is 5.96. The number of hydrogen-bond acceptors (Lipinski definition) is 6. The minimum atomic E-state index is -1.31. The second-order valence-electron chi connectivity index (χ2n) is 11.8. The van der Waals surface area contributed by atoms with Gasteiger partial charge in [-0.1, -0.05) is 30.3 Å². The van der Waals surface area contributed by atoms with Gasteiger partial charge in [0, 0.05) is 24.7 Å². The molecule has 2 bridgehead atoms. The predicted octanol–water partition coefficient (Wildman–Crippen LogP) is 5.28. The van der Waals surface area contributed by atoms with Gasteiger partial charge in [0.05, 0.1) is 31.8 Å². The first kappa shape index (κ1) is 31.0. The van der Waals surface area contributed by atoms with Gasteiger partial charge in [-0.2, -0.15) is 4.39 Å². The van der Waals surface area contributed by atoms with Gasteiger partial charge in [0.25, 0.3) is 5.91 Å². The molecule has 2 fully saturated rings. The zero-order valence-electron chi connectivity index (χ0n) is 25.3. The molecule has 2 atom stereocenters. The number of piperazine rings is 1. The molecule has 0 spiro atoms. The molecule has 0 radical (unpaired) electrons. The summed E-state index contributed by atoms with van der Waals surface area (Å²) < 4.78 is 57.4. The molecule has 7 nitrogen and oxygen atoms in total. The van der Waals surface area contributed by atoms with Gasteiger partial charge in [-0.25, -0.2) is 8.78 Å². The SMILES string of the molecule is COc1ccc(OCCN(C(=O)C2=CCC3(c4ccc(CCCOc5c(F)ccc(F)c5F)cc4)CNCC2N3)C2CC2)cc1. The van der Waals surface area contributed by atoms with Gasteiger partial charge in [-0.15, -0.1) is 0 Å². The third-order valence-corrected chi connectivity index (χ3v) is 8.79. The maximum Gasteiger partial charge on any atom is 0.251 e. The number of nitrogens with one attached hydrogen (secondary N) is 2. The number of fused-ring (bicyclic) bond motifs is 2. The van der Waals surface area contributed by atoms with Crippen molar-refractivity contribution in [1.29, 1.82) is 0 Å². The zero-order chi connectivity index (χ0) is 31.4. The van der Waals surface area contributed by atoms with Crippen molar-refractivity contribution in [3.05, 3.63) is 101 Å². The van der Waals surface area contributed by atoms with Crippen molar-refractivity contribution >= 4 is 5.91 Å². The number of nitrogens with zero attached hydrogens (tertiary/aromatic N) is 1. The van der Waals surface area contributed by atoms with Crippen LogP contribution in [0.15, 0.2) is 72.3 Å². The average molecular weight is 622 g/mol. The van der Waals surface area contributed by atoms with Crippen molar-refractivity contribution in [2.24, 2.45) is 0 Å². The predicted molar refractivity (Wildman–Crippen MR) is 164 cm³/mol. The molecular formula is C35H38F3N3O4. The Bertz CT molecular complexity index is 1530. The van der Waals surface area contributed by atoms with Crippen molar-refractivity contribution in [3.8, 4) is 17.2 Å². The van der Waals surface area contributed by atoms with Crippen molar-refractivity contribution < 1.29 is 32.2 Å². The number of methoxy groups -OCH3 is 1. The zero-order valence-corrected chi connectivity index (χ0v) is 25.3. The fraction of sp³-hybridized carbons (Fsp3) is 0.400. The first-order valence-corrected chi connectivity index (χ1v) is 15.5. The van der Waals surface area contributed by atoms with Crippen LogP contribution in [-0.2, 0) is 16.8 Å². The van der Waals surface area contributed by atoms with Gasteiger partial charge in [-0.05, 0) is 79.6 Å². The molecule has 1 saturated heterocycles. The van der Waals surface area contributed by atoms with E-state index < -0.39 is 23.2 Å². The van der Waals surface area contributed by atoms with E-state index in [1.165, 1.54) is 0 Å². The summed E-state index contributed by atoms with van der Waals surface area (Å²) in [5.41, 5.74) is 2.65. The number of aryl methyl sites for hydroxylation is 1. The Morgan fingerprint density at radius 2 is 1.67 bits per heavy atom. The number of hydrogen-bond donors (Lipinski definition) is 2. The van der Waals surface area contributed by atoms with E-state index in [1.807, 2.05) is 41.3 Å². The number of amides is 1. The molecule has 2 unspecified atom stereocenters. The van der Waals surface area contributed by atoms with E-state index in [0.29, 0.717) is 39.0 Å². The third-order valence-electron chi connectivity index (χ3n) is 8.79. The smallest absolute Gasteiger partial charge is 0.251 e. The molecule has 1 amide bonds. The molecular weight excluding hydrogens is 583 g/mol. The Balaban J connectivity index is 1.05. The maximum atomic E-state index is 13.8. The highest BCUT2D eigenvalue weighted by atomic mass is 19.2. The maximum absolute atomic E-state index is 13.8. The number of rotatable bonds is 13. The van der Waals surface area contributed by atoms with E-state index in [-0.39, 0.29) is 30.1 Å². The molecule has 45 heavy (non-hydrogen) atoms.